The van der Waals surface area contributed by atoms with Crippen LogP contribution in [0.1, 0.15) is 0 Å². The minimum Gasteiger partial charge on any atom is -0.412 e. The monoisotopic (exact) mass is 312 g/mol. The summed E-state index contributed by atoms with van der Waals surface area (Å²) in [6, 6.07) is 0. The van der Waals surface area contributed by atoms with Gasteiger partial charge >= 0.3 is 0 Å². The molecule has 14 nitrogen and oxygen atoms in total. The van der Waals surface area contributed by atoms with E-state index in [0.29, 0.717) is 0 Å². The molecule has 0 radical (unpaired) electrons. The average molecular weight is 312 g/mol. The highest BCUT2D eigenvalue weighted by Gasteiger charge is 2.91. The molecule has 1 saturated carbocycles. The maximum Gasteiger partial charge on any atom is 0.286 e. The van der Waals surface area contributed by atoms with Crippen LogP contribution in [0.2, 0.25) is 0 Å². The van der Waals surface area contributed by atoms with Crippen LogP contribution >= 0.6 is 0 Å². The average Bonchev–Trinajstić information content (AvgIpc) is 2.14. The molecule has 14 heteroatoms. The van der Waals surface area contributed by atoms with Gasteiger partial charge in [-0.25, -0.2) is 0 Å². The van der Waals surface area contributed by atoms with Crippen molar-refractivity contribution in [1.82, 2.24) is 0 Å². The van der Waals surface area contributed by atoms with Crippen LogP contribution in [-0.4, -0.2) is 107 Å². The quantitative estimate of drug-likeness (QED) is 0.185. The summed E-state index contributed by atoms with van der Waals surface area (Å²) in [4.78, 5) is 0. The molecule has 0 aromatic carbocycles. The fourth-order valence-electron chi connectivity index (χ4n) is 1.46. The van der Waals surface area contributed by atoms with Crippen molar-refractivity contribution in [2.24, 2.45) is 0 Å². The van der Waals surface area contributed by atoms with Gasteiger partial charge in [-0.3, -0.25) is 0 Å². The van der Waals surface area contributed by atoms with Gasteiger partial charge in [0.25, 0.3) is 34.7 Å². The van der Waals surface area contributed by atoms with Gasteiger partial charge in [-0.15, -0.1) is 0 Å². The fourth-order valence-corrected chi connectivity index (χ4v) is 1.46. The predicted octanol–water partition coefficient (Wildman–Crippen LogP) is -9.56. The fraction of sp³-hybridized carbons (Fsp3) is 1.00. The Hall–Kier alpha value is -0.560. The zero-order valence-electron chi connectivity index (χ0n) is 9.37. The molecule has 1 aliphatic rings. The lowest BCUT2D eigenvalue weighted by Crippen LogP contribution is -2.95. The highest BCUT2D eigenvalue weighted by Crippen LogP contribution is 2.52. The first kappa shape index (κ1) is 21.7. The highest BCUT2D eigenvalue weighted by molar-refractivity contribution is 5.20. The molecule has 124 valence electrons. The number of hydrogen-bond donors (Lipinski definition) is 12. The Labute approximate surface area is 108 Å². The Balaban J connectivity index is 0. The second-order valence-corrected chi connectivity index (χ2v) is 4.03. The number of hydrogen-bond acceptors (Lipinski definition) is 12. The van der Waals surface area contributed by atoms with Crippen LogP contribution in [0.4, 0.5) is 0 Å². The van der Waals surface area contributed by atoms with Gasteiger partial charge in [-0.1, -0.05) is 0 Å². The number of aliphatic hydroxyl groups is 12. The van der Waals surface area contributed by atoms with Crippen molar-refractivity contribution in [3.8, 4) is 0 Å². The van der Waals surface area contributed by atoms with E-state index in [9.17, 15) is 0 Å². The Morgan fingerprint density at radius 1 is 0.250 bits per heavy atom. The van der Waals surface area contributed by atoms with Gasteiger partial charge in [0.05, 0.1) is 0 Å². The van der Waals surface area contributed by atoms with Crippen LogP contribution in [0.25, 0.3) is 0 Å². The molecule has 0 aromatic rings. The molecule has 20 heavy (non-hydrogen) atoms. The third-order valence-corrected chi connectivity index (χ3v) is 2.92. The summed E-state index contributed by atoms with van der Waals surface area (Å²) in [5.41, 5.74) is 0. The molecule has 0 spiro atoms. The third-order valence-electron chi connectivity index (χ3n) is 2.92. The molecule has 0 aromatic heterocycles. The normalized spacial score (nSPS) is 30.6. The maximum atomic E-state index is 9.03. The van der Waals surface area contributed by atoms with E-state index in [2.05, 4.69) is 0 Å². The number of rotatable bonds is 0. The molecule has 0 unspecified atom stereocenters. The van der Waals surface area contributed by atoms with Crippen molar-refractivity contribution in [3.05, 3.63) is 0 Å². The lowest BCUT2D eigenvalue weighted by molar-refractivity contribution is -0.636. The molecule has 0 heterocycles. The first-order valence-corrected chi connectivity index (χ1v) is 4.18. The highest BCUT2D eigenvalue weighted by atomic mass is 16.7. The van der Waals surface area contributed by atoms with Crippen LogP contribution in [-0.2, 0) is 0 Å². The lowest BCUT2D eigenvalue weighted by atomic mass is 9.70. The Bertz CT molecular complexity index is 249. The topological polar surface area (TPSA) is 306 Å². The van der Waals surface area contributed by atoms with E-state index in [1.807, 2.05) is 0 Å². The smallest absolute Gasteiger partial charge is 0.286 e. The summed E-state index contributed by atoms with van der Waals surface area (Å²) in [5, 5.41) is 108. The van der Waals surface area contributed by atoms with Gasteiger partial charge < -0.3 is 72.2 Å². The van der Waals surface area contributed by atoms with Crippen LogP contribution in [0.3, 0.4) is 0 Å². The van der Waals surface area contributed by atoms with E-state index in [1.165, 1.54) is 0 Å². The zero-order chi connectivity index (χ0) is 15.0. The summed E-state index contributed by atoms with van der Waals surface area (Å²) in [6.45, 7) is 0. The van der Waals surface area contributed by atoms with E-state index in [4.69, 9.17) is 61.3 Å². The van der Waals surface area contributed by atoms with Crippen molar-refractivity contribution >= 4 is 0 Å². The molecule has 1 fully saturated rings. The molecular formula is C6H16O14. The van der Waals surface area contributed by atoms with E-state index in [0.717, 1.165) is 0 Å². The minimum atomic E-state index is -4.80. The molecule has 16 N–H and O–H groups in total. The van der Waals surface area contributed by atoms with Crippen molar-refractivity contribution in [1.29, 1.82) is 0 Å². The van der Waals surface area contributed by atoms with E-state index in [1.54, 1.807) is 0 Å². The Kier molecular flexibility index (Phi) is 4.85. The van der Waals surface area contributed by atoms with Gasteiger partial charge in [-0.05, 0) is 0 Å². The van der Waals surface area contributed by atoms with E-state index in [-0.39, 0.29) is 11.0 Å². The van der Waals surface area contributed by atoms with Gasteiger partial charge in [0, 0.05) is 0 Å². The Morgan fingerprint density at radius 2 is 0.300 bits per heavy atom. The minimum absolute atomic E-state index is 0. The SMILES string of the molecule is O.O.OC1(O)C(O)(O)C(O)(O)C(O)(O)C(O)(O)C1(O)O. The van der Waals surface area contributed by atoms with Crippen LogP contribution in [0, 0.1) is 0 Å². The molecule has 0 saturated heterocycles. The molecule has 0 amide bonds. The summed E-state index contributed by atoms with van der Waals surface area (Å²) < 4.78 is 0. The van der Waals surface area contributed by atoms with Crippen LogP contribution in [0.15, 0.2) is 0 Å². The third kappa shape index (κ3) is 1.65. The molecule has 1 rings (SSSR count). The molecular weight excluding hydrogens is 296 g/mol. The van der Waals surface area contributed by atoms with Crippen LogP contribution < -0.4 is 0 Å². The molecule has 0 bridgehead atoms. The van der Waals surface area contributed by atoms with Gasteiger partial charge in [0.2, 0.25) is 0 Å². The second-order valence-electron chi connectivity index (χ2n) is 4.03. The van der Waals surface area contributed by atoms with E-state index < -0.39 is 34.7 Å². The first-order valence-electron chi connectivity index (χ1n) is 4.18. The summed E-state index contributed by atoms with van der Waals surface area (Å²) >= 11 is 0. The van der Waals surface area contributed by atoms with Gasteiger partial charge in [0.15, 0.2) is 0 Å². The van der Waals surface area contributed by atoms with Crippen molar-refractivity contribution in [2.75, 3.05) is 0 Å². The standard InChI is InChI=1S/C6H12O12.2H2O/c7-1(8)2(9,10)4(13,14)6(17,18)5(15,16)3(1,11)12;;/h7-18H;2*1H2. The second kappa shape index (κ2) is 4.47. The van der Waals surface area contributed by atoms with Crippen LogP contribution in [0.5, 0.6) is 0 Å². The Morgan fingerprint density at radius 3 is 0.350 bits per heavy atom. The van der Waals surface area contributed by atoms with Crippen molar-refractivity contribution < 1.29 is 72.2 Å². The largest absolute Gasteiger partial charge is 0.412 e. The van der Waals surface area contributed by atoms with E-state index >= 15 is 0 Å². The summed E-state index contributed by atoms with van der Waals surface area (Å²) in [6.07, 6.45) is 0. The first-order chi connectivity index (χ1) is 7.50. The van der Waals surface area contributed by atoms with Crippen molar-refractivity contribution in [3.63, 3.8) is 0 Å². The lowest BCUT2D eigenvalue weighted by Gasteiger charge is -2.60. The zero-order valence-corrected chi connectivity index (χ0v) is 9.37. The predicted molar refractivity (Wildman–Crippen MR) is 50.2 cm³/mol. The van der Waals surface area contributed by atoms with Crippen molar-refractivity contribution in [2.45, 2.75) is 34.7 Å². The molecule has 0 atom stereocenters. The summed E-state index contributed by atoms with van der Waals surface area (Å²) in [7, 11) is 0. The van der Waals surface area contributed by atoms with Gasteiger partial charge in [-0.2, -0.15) is 0 Å². The maximum absolute atomic E-state index is 9.03. The summed E-state index contributed by atoms with van der Waals surface area (Å²) in [5.74, 6) is -28.8. The van der Waals surface area contributed by atoms with Gasteiger partial charge in [0.1, 0.15) is 0 Å². The molecule has 1 aliphatic carbocycles. The molecule has 0 aliphatic heterocycles.